The molecular weight excluding hydrogens is 352 g/mol. The Balaban J connectivity index is 1.85. The number of benzene rings is 2. The monoisotopic (exact) mass is 376 g/mol. The lowest BCUT2D eigenvalue weighted by molar-refractivity contribution is 0.0951. The number of nitrogens with one attached hydrogen (secondary N) is 1. The first kappa shape index (κ1) is 19.4. The van der Waals surface area contributed by atoms with Gasteiger partial charge in [0.15, 0.2) is 0 Å². The van der Waals surface area contributed by atoms with Crippen molar-refractivity contribution in [1.29, 1.82) is 0 Å². The third kappa shape index (κ3) is 4.31. The molecule has 3 aromatic rings. The lowest BCUT2D eigenvalue weighted by Crippen LogP contribution is -2.23. The smallest absolute Gasteiger partial charge is 0.251 e. The molecule has 0 aliphatic carbocycles. The molecule has 28 heavy (non-hydrogen) atoms. The number of aromatic nitrogens is 1. The van der Waals surface area contributed by atoms with E-state index in [-0.39, 0.29) is 5.91 Å². The number of nitrogens with zero attached hydrogens (tertiary/aromatic N) is 1. The van der Waals surface area contributed by atoms with E-state index in [9.17, 15) is 4.79 Å². The highest BCUT2D eigenvalue weighted by molar-refractivity contribution is 5.94. The minimum absolute atomic E-state index is 0.136. The number of pyridine rings is 1. The van der Waals surface area contributed by atoms with Crippen LogP contribution in [0.1, 0.15) is 27.2 Å². The van der Waals surface area contributed by atoms with Crippen LogP contribution in [0.4, 0.5) is 0 Å². The van der Waals surface area contributed by atoms with Gasteiger partial charge < -0.3 is 14.8 Å². The van der Waals surface area contributed by atoms with Crippen LogP contribution in [-0.4, -0.2) is 25.1 Å². The molecule has 5 nitrogen and oxygen atoms in total. The first-order chi connectivity index (χ1) is 13.5. The van der Waals surface area contributed by atoms with Gasteiger partial charge in [0, 0.05) is 28.9 Å². The van der Waals surface area contributed by atoms with Crippen LogP contribution in [0.15, 0.2) is 54.6 Å². The molecule has 0 aliphatic rings. The Morgan fingerprint density at radius 1 is 0.929 bits per heavy atom. The highest BCUT2D eigenvalue weighted by atomic mass is 16.5. The molecule has 0 aliphatic heterocycles. The largest absolute Gasteiger partial charge is 0.497 e. The fourth-order valence-corrected chi connectivity index (χ4v) is 3.09. The van der Waals surface area contributed by atoms with Crippen LogP contribution in [-0.2, 0) is 6.54 Å². The number of aryl methyl sites for hydroxylation is 2. The number of rotatable bonds is 6. The molecule has 144 valence electrons. The van der Waals surface area contributed by atoms with Gasteiger partial charge in [0.05, 0.1) is 19.9 Å². The molecule has 0 spiro atoms. The molecule has 3 rings (SSSR count). The van der Waals surface area contributed by atoms with E-state index in [1.165, 1.54) is 0 Å². The van der Waals surface area contributed by atoms with Gasteiger partial charge >= 0.3 is 0 Å². The molecule has 0 atom stereocenters. The average Bonchev–Trinajstić information content (AvgIpc) is 2.72. The Morgan fingerprint density at radius 3 is 2.07 bits per heavy atom. The zero-order chi connectivity index (χ0) is 20.1. The number of carbonyl (C=O) groups is 1. The predicted molar refractivity (Wildman–Crippen MR) is 110 cm³/mol. The lowest BCUT2D eigenvalue weighted by atomic mass is 10.0. The summed E-state index contributed by atoms with van der Waals surface area (Å²) in [6, 6.07) is 16.9. The van der Waals surface area contributed by atoms with Gasteiger partial charge in [-0.1, -0.05) is 0 Å². The molecule has 2 aromatic carbocycles. The van der Waals surface area contributed by atoms with Gasteiger partial charge in [-0.05, 0) is 74.0 Å². The minimum Gasteiger partial charge on any atom is -0.497 e. The van der Waals surface area contributed by atoms with E-state index < -0.39 is 0 Å². The van der Waals surface area contributed by atoms with Gasteiger partial charge in [-0.2, -0.15) is 0 Å². The highest BCUT2D eigenvalue weighted by Gasteiger charge is 2.13. The van der Waals surface area contributed by atoms with Crippen LogP contribution in [0.5, 0.6) is 11.5 Å². The van der Waals surface area contributed by atoms with Gasteiger partial charge in [0.2, 0.25) is 0 Å². The fraction of sp³-hybridized carbons (Fsp3) is 0.217. The summed E-state index contributed by atoms with van der Waals surface area (Å²) < 4.78 is 10.4. The quantitative estimate of drug-likeness (QED) is 0.696. The first-order valence-electron chi connectivity index (χ1n) is 9.05. The molecule has 0 saturated carbocycles. The van der Waals surface area contributed by atoms with Crippen molar-refractivity contribution in [3.63, 3.8) is 0 Å². The summed E-state index contributed by atoms with van der Waals surface area (Å²) in [5.41, 5.74) is 5.47. The van der Waals surface area contributed by atoms with Crippen molar-refractivity contribution in [2.24, 2.45) is 0 Å². The van der Waals surface area contributed by atoms with Crippen molar-refractivity contribution >= 4 is 5.91 Å². The molecule has 0 bridgehead atoms. The van der Waals surface area contributed by atoms with E-state index in [1.54, 1.807) is 38.5 Å². The van der Waals surface area contributed by atoms with Crippen molar-refractivity contribution < 1.29 is 14.3 Å². The third-order valence-electron chi connectivity index (χ3n) is 4.62. The van der Waals surface area contributed by atoms with Crippen LogP contribution in [0.25, 0.3) is 11.3 Å². The second-order valence-corrected chi connectivity index (χ2v) is 6.55. The summed E-state index contributed by atoms with van der Waals surface area (Å²) in [6.45, 7) is 4.40. The Morgan fingerprint density at radius 2 is 1.50 bits per heavy atom. The number of carbonyl (C=O) groups excluding carboxylic acids is 1. The molecule has 0 radical (unpaired) electrons. The Bertz CT molecular complexity index is 964. The first-order valence-corrected chi connectivity index (χ1v) is 9.05. The summed E-state index contributed by atoms with van der Waals surface area (Å²) in [4.78, 5) is 17.3. The van der Waals surface area contributed by atoms with Gasteiger partial charge in [0.1, 0.15) is 11.5 Å². The summed E-state index contributed by atoms with van der Waals surface area (Å²) in [7, 11) is 3.24. The van der Waals surface area contributed by atoms with E-state index in [0.717, 1.165) is 39.6 Å². The van der Waals surface area contributed by atoms with Crippen LogP contribution in [0, 0.1) is 13.8 Å². The van der Waals surface area contributed by atoms with Crippen LogP contribution < -0.4 is 14.8 Å². The summed E-state index contributed by atoms with van der Waals surface area (Å²) >= 11 is 0. The second kappa shape index (κ2) is 8.57. The van der Waals surface area contributed by atoms with Crippen LogP contribution >= 0.6 is 0 Å². The SMILES string of the molecule is COc1ccc(C(=O)NCc2c(C)cc(C)nc2-c2ccc(OC)cc2)cc1. The molecule has 1 amide bonds. The molecule has 0 saturated heterocycles. The number of hydrogen-bond acceptors (Lipinski definition) is 4. The lowest BCUT2D eigenvalue weighted by Gasteiger charge is -2.15. The maximum Gasteiger partial charge on any atom is 0.251 e. The third-order valence-corrected chi connectivity index (χ3v) is 4.62. The van der Waals surface area contributed by atoms with E-state index in [0.29, 0.717) is 12.1 Å². The van der Waals surface area contributed by atoms with Crippen LogP contribution in [0.2, 0.25) is 0 Å². The number of ether oxygens (including phenoxy) is 2. The molecule has 1 aromatic heterocycles. The summed E-state index contributed by atoms with van der Waals surface area (Å²) in [6.07, 6.45) is 0. The Kier molecular flexibility index (Phi) is 5.94. The number of methoxy groups -OCH3 is 2. The van der Waals surface area contributed by atoms with Gasteiger partial charge in [-0.15, -0.1) is 0 Å². The topological polar surface area (TPSA) is 60.5 Å². The van der Waals surface area contributed by atoms with E-state index in [1.807, 2.05) is 44.2 Å². The standard InChI is InChI=1S/C23H24N2O3/c1-15-13-16(2)25-22(17-5-9-19(27-3)10-6-17)21(15)14-24-23(26)18-7-11-20(28-4)12-8-18/h5-13H,14H2,1-4H3,(H,24,26). The molecule has 5 heteroatoms. The van der Waals surface area contributed by atoms with Crippen molar-refractivity contribution in [2.45, 2.75) is 20.4 Å². The highest BCUT2D eigenvalue weighted by Crippen LogP contribution is 2.27. The van der Waals surface area contributed by atoms with Gasteiger partial charge in [-0.25, -0.2) is 0 Å². The Hall–Kier alpha value is -3.34. The number of hydrogen-bond donors (Lipinski definition) is 1. The maximum absolute atomic E-state index is 12.5. The summed E-state index contributed by atoms with van der Waals surface area (Å²) in [5.74, 6) is 1.38. The van der Waals surface area contributed by atoms with Gasteiger partial charge in [-0.3, -0.25) is 9.78 Å². The predicted octanol–water partition coefficient (Wildman–Crippen LogP) is 4.31. The normalized spacial score (nSPS) is 10.4. The molecule has 1 N–H and O–H groups in total. The fourth-order valence-electron chi connectivity index (χ4n) is 3.09. The van der Waals surface area contributed by atoms with E-state index >= 15 is 0 Å². The second-order valence-electron chi connectivity index (χ2n) is 6.55. The van der Waals surface area contributed by atoms with Crippen molar-refractivity contribution in [3.8, 4) is 22.8 Å². The zero-order valence-electron chi connectivity index (χ0n) is 16.6. The Labute approximate surface area is 165 Å². The zero-order valence-corrected chi connectivity index (χ0v) is 16.6. The molecule has 0 fully saturated rings. The maximum atomic E-state index is 12.5. The molecular formula is C23H24N2O3. The summed E-state index contributed by atoms with van der Waals surface area (Å²) in [5, 5.41) is 3.00. The van der Waals surface area contributed by atoms with Crippen molar-refractivity contribution in [2.75, 3.05) is 14.2 Å². The number of amides is 1. The molecule has 0 unspecified atom stereocenters. The average molecular weight is 376 g/mol. The van der Waals surface area contributed by atoms with E-state index in [2.05, 4.69) is 5.32 Å². The van der Waals surface area contributed by atoms with Crippen molar-refractivity contribution in [3.05, 3.63) is 77.0 Å². The van der Waals surface area contributed by atoms with E-state index in [4.69, 9.17) is 14.5 Å². The van der Waals surface area contributed by atoms with Gasteiger partial charge in [0.25, 0.3) is 5.91 Å². The van der Waals surface area contributed by atoms with Crippen molar-refractivity contribution in [1.82, 2.24) is 10.3 Å². The molecule has 1 heterocycles. The minimum atomic E-state index is -0.136. The van der Waals surface area contributed by atoms with Crippen LogP contribution in [0.3, 0.4) is 0 Å².